The first-order chi connectivity index (χ1) is 10.1. The first-order valence-corrected chi connectivity index (χ1v) is 7.61. The van der Waals surface area contributed by atoms with Gasteiger partial charge in [0.15, 0.2) is 0 Å². The molecule has 3 heterocycles. The van der Waals surface area contributed by atoms with Crippen molar-refractivity contribution in [2.45, 2.75) is 31.8 Å². The second kappa shape index (κ2) is 5.92. The zero-order valence-corrected chi connectivity index (χ0v) is 12.8. The lowest BCUT2D eigenvalue weighted by molar-refractivity contribution is -0.0700. The zero-order valence-electron chi connectivity index (χ0n) is 12.8. The highest BCUT2D eigenvalue weighted by atomic mass is 16.5. The molecule has 0 aliphatic carbocycles. The summed E-state index contributed by atoms with van der Waals surface area (Å²) < 4.78 is 11.0. The van der Waals surface area contributed by atoms with E-state index in [0.29, 0.717) is 19.3 Å². The van der Waals surface area contributed by atoms with Gasteiger partial charge in [-0.05, 0) is 19.9 Å². The zero-order chi connectivity index (χ0) is 14.9. The van der Waals surface area contributed by atoms with Crippen LogP contribution in [0.1, 0.15) is 13.8 Å². The van der Waals surface area contributed by atoms with E-state index in [0.717, 1.165) is 32.1 Å². The first kappa shape index (κ1) is 14.8. The third-order valence-electron chi connectivity index (χ3n) is 4.30. The number of nitrogens with two attached hydrogens (primary N) is 1. The van der Waals surface area contributed by atoms with E-state index in [1.807, 2.05) is 6.08 Å². The highest BCUT2D eigenvalue weighted by molar-refractivity contribution is 5.73. The molecule has 0 aromatic carbocycles. The Morgan fingerprint density at radius 3 is 2.67 bits per heavy atom. The third kappa shape index (κ3) is 2.91. The molecule has 7 nitrogen and oxygen atoms in total. The average Bonchev–Trinajstić information content (AvgIpc) is 2.48. The number of ether oxygens (including phenoxy) is 2. The van der Waals surface area contributed by atoms with Crippen LogP contribution in [0.25, 0.3) is 0 Å². The summed E-state index contributed by atoms with van der Waals surface area (Å²) in [6, 6.07) is 0.560. The summed E-state index contributed by atoms with van der Waals surface area (Å²) in [5.74, 6) is 0.118. The van der Waals surface area contributed by atoms with Gasteiger partial charge in [-0.25, -0.2) is 9.89 Å². The summed E-state index contributed by atoms with van der Waals surface area (Å²) in [6.45, 7) is 8.75. The second-order valence-electron chi connectivity index (χ2n) is 5.92. The maximum absolute atomic E-state index is 6.53. The summed E-state index contributed by atoms with van der Waals surface area (Å²) >= 11 is 0. The van der Waals surface area contributed by atoms with Gasteiger partial charge in [0, 0.05) is 25.3 Å². The van der Waals surface area contributed by atoms with Crippen LogP contribution in [-0.2, 0) is 9.47 Å². The number of nitrogens with one attached hydrogen (secondary N) is 1. The van der Waals surface area contributed by atoms with Crippen LogP contribution in [0.15, 0.2) is 16.9 Å². The SMILES string of the molecule is C[C@H]1COCCN1C1=CC=NC(N)(N2CCOC[C@@H]2C)N1. The van der Waals surface area contributed by atoms with Crippen LogP contribution in [0.5, 0.6) is 0 Å². The molecule has 7 heteroatoms. The van der Waals surface area contributed by atoms with Crippen molar-refractivity contribution in [1.82, 2.24) is 15.1 Å². The van der Waals surface area contributed by atoms with Gasteiger partial charge in [-0.3, -0.25) is 5.73 Å². The van der Waals surface area contributed by atoms with E-state index in [9.17, 15) is 0 Å². The molecule has 0 aromatic heterocycles. The smallest absolute Gasteiger partial charge is 0.245 e. The normalized spacial score (nSPS) is 38.0. The van der Waals surface area contributed by atoms with Crippen LogP contribution in [-0.4, -0.2) is 73.5 Å². The Bertz CT molecular complexity index is 441. The van der Waals surface area contributed by atoms with Gasteiger partial charge < -0.3 is 19.7 Å². The fourth-order valence-electron chi connectivity index (χ4n) is 3.12. The van der Waals surface area contributed by atoms with Crippen molar-refractivity contribution in [3.63, 3.8) is 0 Å². The van der Waals surface area contributed by atoms with Crippen LogP contribution in [0.2, 0.25) is 0 Å². The van der Waals surface area contributed by atoms with Crippen LogP contribution >= 0.6 is 0 Å². The molecule has 21 heavy (non-hydrogen) atoms. The lowest BCUT2D eigenvalue weighted by Crippen LogP contribution is -2.70. The second-order valence-corrected chi connectivity index (χ2v) is 5.92. The van der Waals surface area contributed by atoms with Crippen LogP contribution in [0, 0.1) is 0 Å². The topological polar surface area (TPSA) is 75.3 Å². The molecule has 0 amide bonds. The number of hydrogen-bond donors (Lipinski definition) is 2. The summed E-state index contributed by atoms with van der Waals surface area (Å²) in [4.78, 5) is 8.93. The lowest BCUT2D eigenvalue weighted by atomic mass is 10.2. The molecule has 1 unspecified atom stereocenters. The minimum absolute atomic E-state index is 0.231. The monoisotopic (exact) mass is 295 g/mol. The molecule has 0 bridgehead atoms. The van der Waals surface area contributed by atoms with E-state index in [2.05, 4.69) is 34.0 Å². The molecule has 0 radical (unpaired) electrons. The van der Waals surface area contributed by atoms with Gasteiger partial charge >= 0.3 is 0 Å². The van der Waals surface area contributed by atoms with Gasteiger partial charge in [-0.2, -0.15) is 0 Å². The minimum Gasteiger partial charge on any atom is -0.379 e. The maximum atomic E-state index is 6.53. The van der Waals surface area contributed by atoms with Crippen molar-refractivity contribution in [3.05, 3.63) is 11.9 Å². The van der Waals surface area contributed by atoms with E-state index in [-0.39, 0.29) is 6.04 Å². The molecular weight excluding hydrogens is 270 g/mol. The third-order valence-corrected chi connectivity index (χ3v) is 4.30. The number of hydrogen-bond acceptors (Lipinski definition) is 7. The summed E-state index contributed by atoms with van der Waals surface area (Å²) in [6.07, 6.45) is 3.79. The average molecular weight is 295 g/mol. The number of morpholine rings is 2. The van der Waals surface area contributed by atoms with Gasteiger partial charge in [0.1, 0.15) is 5.82 Å². The fraction of sp³-hybridized carbons (Fsp3) is 0.786. The standard InChI is InChI=1S/C14H25N5O2/c1-11-9-20-7-5-18(11)13-3-4-16-14(15,17-13)19-6-8-21-10-12(19)2/h3-4,11-12,17H,5-10,15H2,1-2H3/t11-,12-,14?/m0/s1. The molecule has 3 aliphatic heterocycles. The summed E-state index contributed by atoms with van der Waals surface area (Å²) in [5.41, 5.74) is 6.53. The Labute approximate surface area is 125 Å². The first-order valence-electron chi connectivity index (χ1n) is 7.61. The molecule has 118 valence electrons. The van der Waals surface area contributed by atoms with Crippen molar-refractivity contribution in [3.8, 4) is 0 Å². The fourth-order valence-corrected chi connectivity index (χ4v) is 3.12. The number of aliphatic imine (C=N–C) groups is 1. The van der Waals surface area contributed by atoms with Crippen LogP contribution in [0.4, 0.5) is 0 Å². The van der Waals surface area contributed by atoms with E-state index in [1.165, 1.54) is 0 Å². The quantitative estimate of drug-likeness (QED) is 0.716. The Morgan fingerprint density at radius 2 is 1.95 bits per heavy atom. The highest BCUT2D eigenvalue weighted by Crippen LogP contribution is 2.22. The largest absolute Gasteiger partial charge is 0.379 e. The molecule has 3 N–H and O–H groups in total. The number of nitrogens with zero attached hydrogens (tertiary/aromatic N) is 3. The van der Waals surface area contributed by atoms with E-state index in [1.54, 1.807) is 6.21 Å². The Morgan fingerprint density at radius 1 is 1.24 bits per heavy atom. The van der Waals surface area contributed by atoms with Crippen LogP contribution < -0.4 is 11.1 Å². The minimum atomic E-state index is -0.898. The molecule has 2 fully saturated rings. The maximum Gasteiger partial charge on any atom is 0.245 e. The van der Waals surface area contributed by atoms with E-state index >= 15 is 0 Å². The Hall–Kier alpha value is -1.15. The van der Waals surface area contributed by atoms with E-state index in [4.69, 9.17) is 15.2 Å². The van der Waals surface area contributed by atoms with Gasteiger partial charge in [0.2, 0.25) is 5.91 Å². The van der Waals surface area contributed by atoms with Crippen molar-refractivity contribution in [2.75, 3.05) is 39.5 Å². The van der Waals surface area contributed by atoms with Gasteiger partial charge in [0.05, 0.1) is 32.5 Å². The molecule has 3 atom stereocenters. The van der Waals surface area contributed by atoms with Gasteiger partial charge in [0.25, 0.3) is 0 Å². The molecule has 0 saturated carbocycles. The predicted molar refractivity (Wildman–Crippen MR) is 80.6 cm³/mol. The van der Waals surface area contributed by atoms with E-state index < -0.39 is 5.91 Å². The van der Waals surface area contributed by atoms with Crippen molar-refractivity contribution in [2.24, 2.45) is 10.7 Å². The van der Waals surface area contributed by atoms with Crippen molar-refractivity contribution < 1.29 is 9.47 Å². The number of allylic oxidation sites excluding steroid dienone is 1. The molecule has 0 aromatic rings. The Balaban J connectivity index is 1.75. The lowest BCUT2D eigenvalue weighted by Gasteiger charge is -2.48. The highest BCUT2D eigenvalue weighted by Gasteiger charge is 2.39. The summed E-state index contributed by atoms with van der Waals surface area (Å²) in [5, 5.41) is 3.41. The summed E-state index contributed by atoms with van der Waals surface area (Å²) in [7, 11) is 0. The van der Waals surface area contributed by atoms with Gasteiger partial charge in [-0.1, -0.05) is 0 Å². The molecule has 3 aliphatic rings. The molecule has 2 saturated heterocycles. The van der Waals surface area contributed by atoms with Crippen molar-refractivity contribution in [1.29, 1.82) is 0 Å². The Kier molecular flexibility index (Phi) is 4.17. The van der Waals surface area contributed by atoms with Crippen LogP contribution in [0.3, 0.4) is 0 Å². The molecular formula is C14H25N5O2. The van der Waals surface area contributed by atoms with Gasteiger partial charge in [-0.15, -0.1) is 0 Å². The predicted octanol–water partition coefficient (Wildman–Crippen LogP) is -0.487. The molecule has 0 spiro atoms. The van der Waals surface area contributed by atoms with Crippen molar-refractivity contribution >= 4 is 6.21 Å². The number of rotatable bonds is 2. The molecule has 3 rings (SSSR count).